The first-order chi connectivity index (χ1) is 8.94. The molecule has 1 aromatic heterocycles. The molecular weight excluding hydrogens is 240 g/mol. The highest BCUT2D eigenvalue weighted by Gasteiger charge is 2.13. The van der Waals surface area contributed by atoms with Gasteiger partial charge in [0.15, 0.2) is 0 Å². The van der Waals surface area contributed by atoms with E-state index in [1.807, 2.05) is 45.0 Å². The average molecular weight is 258 g/mol. The number of hydrogen-bond acceptors (Lipinski definition) is 4. The highest BCUT2D eigenvalue weighted by molar-refractivity contribution is 5.82. The molecule has 0 bridgehead atoms. The van der Waals surface area contributed by atoms with Gasteiger partial charge in [0.2, 0.25) is 11.9 Å². The lowest BCUT2D eigenvalue weighted by Crippen LogP contribution is -2.43. The second kappa shape index (κ2) is 5.22. The number of benzene rings is 1. The molecule has 0 unspecified atom stereocenters. The van der Waals surface area contributed by atoms with E-state index in [0.717, 1.165) is 10.9 Å². The number of nitrogens with zero attached hydrogens (tertiary/aromatic N) is 2. The maximum Gasteiger partial charge on any atom is 0.239 e. The molecule has 0 saturated carbocycles. The van der Waals surface area contributed by atoms with Crippen molar-refractivity contribution in [1.29, 1.82) is 0 Å². The van der Waals surface area contributed by atoms with Gasteiger partial charge < -0.3 is 10.6 Å². The quantitative estimate of drug-likeness (QED) is 0.883. The van der Waals surface area contributed by atoms with Crippen LogP contribution in [-0.2, 0) is 4.79 Å². The second-order valence-corrected chi connectivity index (χ2v) is 5.40. The van der Waals surface area contributed by atoms with E-state index in [-0.39, 0.29) is 18.0 Å². The predicted octanol–water partition coefficient (Wildman–Crippen LogP) is 1.96. The third-order valence-electron chi connectivity index (χ3n) is 2.41. The summed E-state index contributed by atoms with van der Waals surface area (Å²) in [5.74, 6) is 0.381. The Hall–Kier alpha value is -2.17. The minimum Gasteiger partial charge on any atom is -0.350 e. The van der Waals surface area contributed by atoms with Crippen molar-refractivity contribution in [3.8, 4) is 0 Å². The lowest BCUT2D eigenvalue weighted by atomic mass is 10.1. The van der Waals surface area contributed by atoms with Gasteiger partial charge in [-0.3, -0.25) is 4.79 Å². The maximum absolute atomic E-state index is 11.7. The molecule has 0 fully saturated rings. The van der Waals surface area contributed by atoms with E-state index in [0.29, 0.717) is 5.95 Å². The molecule has 2 aromatic rings. The van der Waals surface area contributed by atoms with Crippen LogP contribution in [0, 0.1) is 0 Å². The summed E-state index contributed by atoms with van der Waals surface area (Å²) in [4.78, 5) is 20.2. The van der Waals surface area contributed by atoms with Crippen LogP contribution in [0.15, 0.2) is 30.5 Å². The van der Waals surface area contributed by atoms with E-state index in [9.17, 15) is 4.79 Å². The molecule has 19 heavy (non-hydrogen) atoms. The monoisotopic (exact) mass is 258 g/mol. The van der Waals surface area contributed by atoms with Crippen molar-refractivity contribution in [2.75, 3.05) is 11.9 Å². The van der Waals surface area contributed by atoms with E-state index in [2.05, 4.69) is 20.6 Å². The summed E-state index contributed by atoms with van der Waals surface area (Å²) in [6, 6.07) is 7.73. The van der Waals surface area contributed by atoms with E-state index in [1.165, 1.54) is 0 Å². The smallest absolute Gasteiger partial charge is 0.239 e. The number of anilines is 1. The Morgan fingerprint density at radius 1 is 1.26 bits per heavy atom. The Balaban J connectivity index is 2.00. The Morgan fingerprint density at radius 2 is 2.00 bits per heavy atom. The van der Waals surface area contributed by atoms with Crippen LogP contribution in [0.5, 0.6) is 0 Å². The molecule has 0 radical (unpaired) electrons. The van der Waals surface area contributed by atoms with E-state index >= 15 is 0 Å². The van der Waals surface area contributed by atoms with Crippen LogP contribution < -0.4 is 10.6 Å². The minimum atomic E-state index is -0.233. The molecule has 0 atom stereocenters. The van der Waals surface area contributed by atoms with E-state index < -0.39 is 0 Å². The van der Waals surface area contributed by atoms with Gasteiger partial charge in [0, 0.05) is 17.1 Å². The molecule has 1 heterocycles. The number of carbonyl (C=O) groups excluding carboxylic acids is 1. The summed E-state index contributed by atoms with van der Waals surface area (Å²) in [6.07, 6.45) is 1.74. The Kier molecular flexibility index (Phi) is 3.64. The van der Waals surface area contributed by atoms with Crippen molar-refractivity contribution < 1.29 is 4.79 Å². The summed E-state index contributed by atoms with van der Waals surface area (Å²) in [6.45, 7) is 5.99. The van der Waals surface area contributed by atoms with Crippen LogP contribution in [0.1, 0.15) is 20.8 Å². The molecule has 2 rings (SSSR count). The number of aromatic nitrogens is 2. The van der Waals surface area contributed by atoms with Crippen molar-refractivity contribution >= 4 is 22.8 Å². The molecule has 1 aromatic carbocycles. The molecule has 0 saturated heterocycles. The van der Waals surface area contributed by atoms with Crippen LogP contribution in [0.4, 0.5) is 5.95 Å². The normalized spacial score (nSPS) is 11.3. The van der Waals surface area contributed by atoms with Gasteiger partial charge in [-0.1, -0.05) is 18.2 Å². The van der Waals surface area contributed by atoms with Gasteiger partial charge in [-0.15, -0.1) is 0 Å². The first-order valence-corrected chi connectivity index (χ1v) is 6.21. The van der Waals surface area contributed by atoms with Crippen LogP contribution in [0.25, 0.3) is 10.9 Å². The third kappa shape index (κ3) is 3.91. The van der Waals surface area contributed by atoms with Crippen molar-refractivity contribution in [1.82, 2.24) is 15.3 Å². The number of amides is 1. The van der Waals surface area contributed by atoms with Gasteiger partial charge in [-0.2, -0.15) is 0 Å². The fraction of sp³-hybridized carbons (Fsp3) is 0.357. The van der Waals surface area contributed by atoms with Crippen molar-refractivity contribution in [3.05, 3.63) is 30.5 Å². The fourth-order valence-corrected chi connectivity index (χ4v) is 1.68. The molecule has 0 aliphatic rings. The summed E-state index contributed by atoms with van der Waals surface area (Å²) in [5, 5.41) is 6.77. The van der Waals surface area contributed by atoms with Crippen molar-refractivity contribution in [2.45, 2.75) is 26.3 Å². The van der Waals surface area contributed by atoms with Gasteiger partial charge in [0.05, 0.1) is 12.1 Å². The van der Waals surface area contributed by atoms with Gasteiger partial charge in [0.1, 0.15) is 0 Å². The molecule has 0 spiro atoms. The summed E-state index contributed by atoms with van der Waals surface area (Å²) < 4.78 is 0. The molecule has 2 N–H and O–H groups in total. The average Bonchev–Trinajstić information content (AvgIpc) is 2.34. The molecule has 100 valence electrons. The lowest BCUT2D eigenvalue weighted by Gasteiger charge is -2.20. The maximum atomic E-state index is 11.7. The van der Waals surface area contributed by atoms with Gasteiger partial charge in [-0.25, -0.2) is 9.97 Å². The zero-order chi connectivity index (χ0) is 13.9. The molecule has 1 amide bonds. The molecule has 5 heteroatoms. The van der Waals surface area contributed by atoms with Crippen molar-refractivity contribution in [3.63, 3.8) is 0 Å². The summed E-state index contributed by atoms with van der Waals surface area (Å²) in [5.41, 5.74) is 0.624. The predicted molar refractivity (Wildman–Crippen MR) is 75.9 cm³/mol. The first kappa shape index (κ1) is 13.3. The number of carbonyl (C=O) groups is 1. The first-order valence-electron chi connectivity index (χ1n) is 6.21. The molecule has 5 nitrogen and oxygen atoms in total. The van der Waals surface area contributed by atoms with Crippen LogP contribution in [0.3, 0.4) is 0 Å². The fourth-order valence-electron chi connectivity index (χ4n) is 1.68. The Labute approximate surface area is 112 Å². The molecule has 0 aliphatic heterocycles. The second-order valence-electron chi connectivity index (χ2n) is 5.40. The van der Waals surface area contributed by atoms with E-state index in [1.54, 1.807) is 6.20 Å². The zero-order valence-electron chi connectivity index (χ0n) is 11.4. The largest absolute Gasteiger partial charge is 0.350 e. The lowest BCUT2D eigenvalue weighted by molar-refractivity contribution is -0.120. The molecule has 0 aliphatic carbocycles. The SMILES string of the molecule is CC(C)(C)NC(=O)CNc1ncc2ccccc2n1. The number of hydrogen-bond donors (Lipinski definition) is 2. The number of para-hydroxylation sites is 1. The van der Waals surface area contributed by atoms with Gasteiger partial charge in [0.25, 0.3) is 0 Å². The Morgan fingerprint density at radius 3 is 2.74 bits per heavy atom. The summed E-state index contributed by atoms with van der Waals surface area (Å²) in [7, 11) is 0. The number of fused-ring (bicyclic) bond motifs is 1. The third-order valence-corrected chi connectivity index (χ3v) is 2.41. The van der Waals surface area contributed by atoms with Crippen LogP contribution >= 0.6 is 0 Å². The van der Waals surface area contributed by atoms with Crippen LogP contribution in [0.2, 0.25) is 0 Å². The van der Waals surface area contributed by atoms with Crippen LogP contribution in [-0.4, -0.2) is 28.0 Å². The number of rotatable bonds is 3. The highest BCUT2D eigenvalue weighted by Crippen LogP contribution is 2.11. The molecular formula is C14H18N4O. The van der Waals surface area contributed by atoms with Gasteiger partial charge in [-0.05, 0) is 26.8 Å². The zero-order valence-corrected chi connectivity index (χ0v) is 11.4. The summed E-state index contributed by atoms with van der Waals surface area (Å²) >= 11 is 0. The van der Waals surface area contributed by atoms with E-state index in [4.69, 9.17) is 0 Å². The minimum absolute atomic E-state index is 0.0794. The Bertz CT molecular complexity index is 589. The van der Waals surface area contributed by atoms with Crippen molar-refractivity contribution in [2.24, 2.45) is 0 Å². The topological polar surface area (TPSA) is 66.9 Å². The standard InChI is InChI=1S/C14H18N4O/c1-14(2,3)18-12(19)9-16-13-15-8-10-6-4-5-7-11(10)17-13/h4-8H,9H2,1-3H3,(H,18,19)(H,15,16,17). The highest BCUT2D eigenvalue weighted by atomic mass is 16.2. The number of nitrogens with one attached hydrogen (secondary N) is 2. The van der Waals surface area contributed by atoms with Gasteiger partial charge >= 0.3 is 0 Å².